The van der Waals surface area contributed by atoms with Crippen LogP contribution in [0.1, 0.15) is 42.9 Å². The number of rotatable bonds is 7. The van der Waals surface area contributed by atoms with Crippen LogP contribution in [-0.2, 0) is 17.9 Å². The second-order valence-corrected chi connectivity index (χ2v) is 7.66. The quantitative estimate of drug-likeness (QED) is 0.789. The van der Waals surface area contributed by atoms with Gasteiger partial charge in [0, 0.05) is 31.1 Å². The maximum absolute atomic E-state index is 13.8. The van der Waals surface area contributed by atoms with Crippen LogP contribution in [0.15, 0.2) is 42.5 Å². The molecule has 0 aromatic heterocycles. The van der Waals surface area contributed by atoms with E-state index in [0.29, 0.717) is 24.6 Å². The van der Waals surface area contributed by atoms with E-state index >= 15 is 0 Å². The van der Waals surface area contributed by atoms with E-state index in [1.54, 1.807) is 0 Å². The summed E-state index contributed by atoms with van der Waals surface area (Å²) in [5.74, 6) is -1.63. The first-order valence-electron chi connectivity index (χ1n) is 9.36. The van der Waals surface area contributed by atoms with Gasteiger partial charge < -0.3 is 5.32 Å². The minimum Gasteiger partial charge on any atom is -0.352 e. The lowest BCUT2D eigenvalue weighted by atomic mass is 10.1. The molecule has 0 bridgehead atoms. The molecule has 1 aliphatic carbocycles. The molecule has 1 aliphatic rings. The Hall–Kier alpha value is -2.27. The van der Waals surface area contributed by atoms with Crippen molar-refractivity contribution in [2.45, 2.75) is 45.3 Å². The Bertz CT molecular complexity index is 804. The predicted octanol–water partition coefficient (Wildman–Crippen LogP) is 4.22. The van der Waals surface area contributed by atoms with Crippen LogP contribution in [0.4, 0.5) is 8.78 Å². The topological polar surface area (TPSA) is 32.3 Å². The summed E-state index contributed by atoms with van der Waals surface area (Å²) in [6.45, 7) is 5.66. The molecule has 0 unspecified atom stereocenters. The molecule has 144 valence electrons. The molecule has 27 heavy (non-hydrogen) atoms. The van der Waals surface area contributed by atoms with E-state index in [2.05, 4.69) is 43.2 Å². The summed E-state index contributed by atoms with van der Waals surface area (Å²) < 4.78 is 26.8. The summed E-state index contributed by atoms with van der Waals surface area (Å²) in [4.78, 5) is 14.6. The highest BCUT2D eigenvalue weighted by Gasteiger charge is 2.45. The summed E-state index contributed by atoms with van der Waals surface area (Å²) in [6.07, 6.45) is 0.606. The Kier molecular flexibility index (Phi) is 5.90. The number of nitrogens with one attached hydrogen (secondary N) is 1. The molecule has 1 N–H and O–H groups in total. The van der Waals surface area contributed by atoms with Crippen molar-refractivity contribution in [2.24, 2.45) is 5.92 Å². The van der Waals surface area contributed by atoms with Gasteiger partial charge in [-0.05, 0) is 56.0 Å². The van der Waals surface area contributed by atoms with E-state index in [0.717, 1.165) is 18.2 Å². The number of halogens is 2. The van der Waals surface area contributed by atoms with Crippen molar-refractivity contribution in [2.75, 3.05) is 7.05 Å². The van der Waals surface area contributed by atoms with Crippen LogP contribution < -0.4 is 5.32 Å². The standard InChI is InChI=1S/C22H26F2N2O/c1-14(2)26(3)13-16-6-4-15(5-7-16)12-25-22(27)20-11-19(20)18-9-8-17(23)10-21(18)24/h4-10,14,19-20H,11-13H2,1-3H3,(H,25,27)/t19-,20-/m1/s1. The first-order valence-corrected chi connectivity index (χ1v) is 9.36. The summed E-state index contributed by atoms with van der Waals surface area (Å²) in [6, 6.07) is 12.2. The van der Waals surface area contributed by atoms with Crippen molar-refractivity contribution in [3.05, 3.63) is 70.8 Å². The number of hydrogen-bond acceptors (Lipinski definition) is 2. The van der Waals surface area contributed by atoms with Crippen molar-refractivity contribution in [3.8, 4) is 0 Å². The van der Waals surface area contributed by atoms with Gasteiger partial charge in [-0.1, -0.05) is 30.3 Å². The van der Waals surface area contributed by atoms with Gasteiger partial charge >= 0.3 is 0 Å². The van der Waals surface area contributed by atoms with Crippen molar-refractivity contribution in [3.63, 3.8) is 0 Å². The van der Waals surface area contributed by atoms with E-state index in [1.807, 2.05) is 12.1 Å². The van der Waals surface area contributed by atoms with Crippen LogP contribution in [-0.4, -0.2) is 23.9 Å². The minimum atomic E-state index is -0.596. The molecule has 0 aliphatic heterocycles. The first-order chi connectivity index (χ1) is 12.8. The third kappa shape index (κ3) is 4.92. The third-order valence-corrected chi connectivity index (χ3v) is 5.29. The zero-order valence-electron chi connectivity index (χ0n) is 16.0. The van der Waals surface area contributed by atoms with Gasteiger partial charge in [-0.2, -0.15) is 0 Å². The summed E-state index contributed by atoms with van der Waals surface area (Å²) in [5, 5.41) is 2.92. The number of carbonyl (C=O) groups is 1. The van der Waals surface area contributed by atoms with E-state index in [-0.39, 0.29) is 17.7 Å². The lowest BCUT2D eigenvalue weighted by molar-refractivity contribution is -0.122. The maximum Gasteiger partial charge on any atom is 0.224 e. The van der Waals surface area contributed by atoms with Crippen LogP contribution in [0, 0.1) is 17.6 Å². The van der Waals surface area contributed by atoms with E-state index in [9.17, 15) is 13.6 Å². The Morgan fingerprint density at radius 3 is 2.44 bits per heavy atom. The van der Waals surface area contributed by atoms with Crippen molar-refractivity contribution < 1.29 is 13.6 Å². The van der Waals surface area contributed by atoms with Crippen LogP contribution in [0.5, 0.6) is 0 Å². The second kappa shape index (κ2) is 8.17. The SMILES string of the molecule is CC(C)N(C)Cc1ccc(CNC(=O)[C@@H]2C[C@@H]2c2ccc(F)cc2F)cc1. The first kappa shape index (κ1) is 19.5. The molecule has 0 spiro atoms. The molecule has 1 amide bonds. The number of benzene rings is 2. The van der Waals surface area contributed by atoms with Gasteiger partial charge in [0.05, 0.1) is 0 Å². The van der Waals surface area contributed by atoms with Crippen molar-refractivity contribution >= 4 is 5.91 Å². The maximum atomic E-state index is 13.8. The molecular weight excluding hydrogens is 346 g/mol. The number of hydrogen-bond donors (Lipinski definition) is 1. The molecule has 0 radical (unpaired) electrons. The Labute approximate surface area is 159 Å². The average Bonchev–Trinajstić information content (AvgIpc) is 3.41. The van der Waals surface area contributed by atoms with Crippen LogP contribution in [0.3, 0.4) is 0 Å². The van der Waals surface area contributed by atoms with Gasteiger partial charge in [0.1, 0.15) is 11.6 Å². The lowest BCUT2D eigenvalue weighted by Gasteiger charge is -2.21. The number of amides is 1. The molecule has 3 rings (SSSR count). The van der Waals surface area contributed by atoms with Gasteiger partial charge in [-0.3, -0.25) is 9.69 Å². The van der Waals surface area contributed by atoms with Crippen molar-refractivity contribution in [1.29, 1.82) is 0 Å². The Morgan fingerprint density at radius 2 is 1.81 bits per heavy atom. The fourth-order valence-corrected chi connectivity index (χ4v) is 3.18. The molecular formula is C22H26F2N2O. The highest BCUT2D eigenvalue weighted by molar-refractivity contribution is 5.82. The largest absolute Gasteiger partial charge is 0.352 e. The van der Waals surface area contributed by atoms with Gasteiger partial charge in [0.15, 0.2) is 0 Å². The molecule has 2 aromatic rings. The van der Waals surface area contributed by atoms with E-state index in [1.165, 1.54) is 17.7 Å². The number of carbonyl (C=O) groups excluding carboxylic acids is 1. The summed E-state index contributed by atoms with van der Waals surface area (Å²) in [7, 11) is 2.09. The molecule has 3 nitrogen and oxygen atoms in total. The van der Waals surface area contributed by atoms with E-state index < -0.39 is 11.6 Å². The van der Waals surface area contributed by atoms with Crippen LogP contribution in [0.25, 0.3) is 0 Å². The van der Waals surface area contributed by atoms with Gasteiger partial charge in [0.25, 0.3) is 0 Å². The summed E-state index contributed by atoms with van der Waals surface area (Å²) in [5.41, 5.74) is 2.69. The second-order valence-electron chi connectivity index (χ2n) is 7.66. The minimum absolute atomic E-state index is 0.0765. The molecule has 1 saturated carbocycles. The fourth-order valence-electron chi connectivity index (χ4n) is 3.18. The molecule has 0 heterocycles. The molecule has 2 aromatic carbocycles. The highest BCUT2D eigenvalue weighted by Crippen LogP contribution is 2.48. The zero-order valence-corrected chi connectivity index (χ0v) is 16.0. The Morgan fingerprint density at radius 1 is 1.15 bits per heavy atom. The Balaban J connectivity index is 1.50. The average molecular weight is 372 g/mol. The summed E-state index contributed by atoms with van der Waals surface area (Å²) >= 11 is 0. The molecule has 5 heteroatoms. The number of nitrogens with zero attached hydrogens (tertiary/aromatic N) is 1. The van der Waals surface area contributed by atoms with Crippen LogP contribution >= 0.6 is 0 Å². The molecule has 0 saturated heterocycles. The normalized spacial score (nSPS) is 18.8. The van der Waals surface area contributed by atoms with E-state index in [4.69, 9.17) is 0 Å². The van der Waals surface area contributed by atoms with Gasteiger partial charge in [-0.25, -0.2) is 8.78 Å². The van der Waals surface area contributed by atoms with Crippen LogP contribution in [0.2, 0.25) is 0 Å². The van der Waals surface area contributed by atoms with Gasteiger partial charge in [0.2, 0.25) is 5.91 Å². The highest BCUT2D eigenvalue weighted by atomic mass is 19.1. The third-order valence-electron chi connectivity index (χ3n) is 5.29. The lowest BCUT2D eigenvalue weighted by Crippen LogP contribution is -2.26. The van der Waals surface area contributed by atoms with Crippen molar-refractivity contribution in [1.82, 2.24) is 10.2 Å². The smallest absolute Gasteiger partial charge is 0.224 e. The predicted molar refractivity (Wildman–Crippen MR) is 102 cm³/mol. The molecule has 2 atom stereocenters. The fraction of sp³-hybridized carbons (Fsp3) is 0.409. The monoisotopic (exact) mass is 372 g/mol. The molecule has 1 fully saturated rings. The zero-order chi connectivity index (χ0) is 19.6. The van der Waals surface area contributed by atoms with Gasteiger partial charge in [-0.15, -0.1) is 0 Å².